The molecule has 1 N–H and O–H groups in total. The van der Waals surface area contributed by atoms with Gasteiger partial charge in [0.05, 0.1) is 5.69 Å². The number of benzene rings is 1. The maximum absolute atomic E-state index is 11.6. The highest BCUT2D eigenvalue weighted by molar-refractivity contribution is 5.96. The molecule has 0 fully saturated rings. The average Bonchev–Trinajstić information content (AvgIpc) is 3.12. The first-order valence-electron chi connectivity index (χ1n) is 7.18. The zero-order valence-electron chi connectivity index (χ0n) is 12.7. The van der Waals surface area contributed by atoms with Crippen LogP contribution in [0.15, 0.2) is 42.6 Å². The summed E-state index contributed by atoms with van der Waals surface area (Å²) in [6.07, 6.45) is 2.05. The second kappa shape index (κ2) is 7.93. The molecule has 0 radical (unpaired) electrons. The van der Waals surface area contributed by atoms with Crippen molar-refractivity contribution in [2.24, 2.45) is 0 Å². The molecule has 2 aromatic rings. The SMILES string of the molecule is CCC(=O)c1ccc(OCC(=O)OCC(=O)c2ccc[nH]2)cc1. The topological polar surface area (TPSA) is 85.5 Å². The molecule has 0 saturated heterocycles. The van der Waals surface area contributed by atoms with Gasteiger partial charge in [0, 0.05) is 18.2 Å². The Kier molecular flexibility index (Phi) is 5.68. The lowest BCUT2D eigenvalue weighted by molar-refractivity contribution is -0.144. The van der Waals surface area contributed by atoms with Gasteiger partial charge in [-0.1, -0.05) is 6.92 Å². The van der Waals surface area contributed by atoms with E-state index in [1.165, 1.54) is 0 Å². The Balaban J connectivity index is 1.76. The number of ether oxygens (including phenoxy) is 2. The van der Waals surface area contributed by atoms with Crippen molar-refractivity contribution >= 4 is 17.5 Å². The monoisotopic (exact) mass is 315 g/mol. The molecule has 0 atom stereocenters. The van der Waals surface area contributed by atoms with Gasteiger partial charge in [0.15, 0.2) is 19.0 Å². The Labute approximate surface area is 133 Å². The third-order valence-corrected chi connectivity index (χ3v) is 3.12. The summed E-state index contributed by atoms with van der Waals surface area (Å²) in [5.74, 6) is -0.464. The highest BCUT2D eigenvalue weighted by Crippen LogP contribution is 2.13. The lowest BCUT2D eigenvalue weighted by Crippen LogP contribution is -2.19. The van der Waals surface area contributed by atoms with Gasteiger partial charge in [0.1, 0.15) is 5.75 Å². The van der Waals surface area contributed by atoms with Crippen molar-refractivity contribution in [2.45, 2.75) is 13.3 Å². The number of Topliss-reactive ketones (excluding diaryl/α,β-unsaturated/α-hetero) is 2. The number of rotatable bonds is 8. The van der Waals surface area contributed by atoms with Crippen molar-refractivity contribution in [3.8, 4) is 5.75 Å². The standard InChI is InChI=1S/C17H17NO5/c1-2-15(19)12-5-7-13(8-6-12)22-11-17(21)23-10-16(20)14-4-3-9-18-14/h3-9,18H,2,10-11H2,1H3. The molecule has 0 amide bonds. The predicted molar refractivity (Wildman–Crippen MR) is 82.6 cm³/mol. The summed E-state index contributed by atoms with van der Waals surface area (Å²) in [4.78, 5) is 37.4. The van der Waals surface area contributed by atoms with Crippen LogP contribution in [0.1, 0.15) is 34.2 Å². The molecule has 1 heterocycles. The summed E-state index contributed by atoms with van der Waals surface area (Å²) in [6, 6.07) is 9.79. The molecule has 0 aliphatic rings. The highest BCUT2D eigenvalue weighted by Gasteiger charge is 2.11. The zero-order chi connectivity index (χ0) is 16.7. The Morgan fingerprint density at radius 1 is 1.00 bits per heavy atom. The van der Waals surface area contributed by atoms with E-state index < -0.39 is 5.97 Å². The number of nitrogens with one attached hydrogen (secondary N) is 1. The fourth-order valence-electron chi connectivity index (χ4n) is 1.85. The van der Waals surface area contributed by atoms with Gasteiger partial charge < -0.3 is 14.5 Å². The van der Waals surface area contributed by atoms with Gasteiger partial charge in [-0.05, 0) is 36.4 Å². The van der Waals surface area contributed by atoms with E-state index in [9.17, 15) is 14.4 Å². The van der Waals surface area contributed by atoms with Crippen LogP contribution in [-0.4, -0.2) is 35.7 Å². The van der Waals surface area contributed by atoms with Crippen LogP contribution < -0.4 is 4.74 Å². The molecule has 0 bridgehead atoms. The van der Waals surface area contributed by atoms with Crippen molar-refractivity contribution in [3.05, 3.63) is 53.9 Å². The van der Waals surface area contributed by atoms with Crippen LogP contribution in [0.3, 0.4) is 0 Å². The van der Waals surface area contributed by atoms with E-state index in [-0.39, 0.29) is 24.8 Å². The van der Waals surface area contributed by atoms with Gasteiger partial charge in [-0.25, -0.2) is 4.79 Å². The molecular weight excluding hydrogens is 298 g/mol. The minimum atomic E-state index is -0.640. The van der Waals surface area contributed by atoms with Crippen LogP contribution in [0.25, 0.3) is 0 Å². The Hall–Kier alpha value is -2.89. The van der Waals surface area contributed by atoms with Crippen LogP contribution in [0, 0.1) is 0 Å². The first-order chi connectivity index (χ1) is 11.1. The molecule has 0 saturated carbocycles. The van der Waals surface area contributed by atoms with Crippen molar-refractivity contribution < 1.29 is 23.9 Å². The summed E-state index contributed by atoms with van der Waals surface area (Å²) in [5.41, 5.74) is 0.980. The molecule has 1 aromatic carbocycles. The minimum absolute atomic E-state index is 0.0405. The van der Waals surface area contributed by atoms with Crippen molar-refractivity contribution in [3.63, 3.8) is 0 Å². The van der Waals surface area contributed by atoms with Gasteiger partial charge in [-0.3, -0.25) is 9.59 Å². The van der Waals surface area contributed by atoms with Crippen molar-refractivity contribution in [1.82, 2.24) is 4.98 Å². The van der Waals surface area contributed by atoms with E-state index >= 15 is 0 Å². The molecule has 0 aliphatic carbocycles. The fraction of sp³-hybridized carbons (Fsp3) is 0.235. The van der Waals surface area contributed by atoms with Crippen LogP contribution in [0.5, 0.6) is 5.75 Å². The third kappa shape index (κ3) is 4.81. The lowest BCUT2D eigenvalue weighted by atomic mass is 10.1. The number of H-pyrrole nitrogens is 1. The quantitative estimate of drug-likeness (QED) is 0.597. The van der Waals surface area contributed by atoms with Crippen LogP contribution in [0.4, 0.5) is 0 Å². The molecule has 6 nitrogen and oxygen atoms in total. The molecule has 23 heavy (non-hydrogen) atoms. The molecule has 0 spiro atoms. The van der Waals surface area contributed by atoms with E-state index in [0.717, 1.165) is 0 Å². The number of carbonyl (C=O) groups excluding carboxylic acids is 3. The number of esters is 1. The number of aromatic amines is 1. The zero-order valence-corrected chi connectivity index (χ0v) is 12.7. The normalized spacial score (nSPS) is 10.1. The molecule has 1 aromatic heterocycles. The van der Waals surface area contributed by atoms with Crippen molar-refractivity contribution in [2.75, 3.05) is 13.2 Å². The summed E-state index contributed by atoms with van der Waals surface area (Å²) in [7, 11) is 0. The van der Waals surface area contributed by atoms with Crippen LogP contribution in [0.2, 0.25) is 0 Å². The summed E-state index contributed by atoms with van der Waals surface area (Å²) < 4.78 is 10.1. The number of ketones is 2. The highest BCUT2D eigenvalue weighted by atomic mass is 16.6. The Morgan fingerprint density at radius 3 is 2.35 bits per heavy atom. The average molecular weight is 315 g/mol. The fourth-order valence-corrected chi connectivity index (χ4v) is 1.85. The summed E-state index contributed by atoms with van der Waals surface area (Å²) >= 11 is 0. The van der Waals surface area contributed by atoms with E-state index in [1.54, 1.807) is 49.5 Å². The lowest BCUT2D eigenvalue weighted by Gasteiger charge is -2.07. The van der Waals surface area contributed by atoms with Gasteiger partial charge in [0.2, 0.25) is 5.78 Å². The van der Waals surface area contributed by atoms with Gasteiger partial charge in [0.25, 0.3) is 0 Å². The number of hydrogen-bond acceptors (Lipinski definition) is 5. The van der Waals surface area contributed by atoms with Gasteiger partial charge in [-0.15, -0.1) is 0 Å². The first-order valence-corrected chi connectivity index (χ1v) is 7.18. The smallest absolute Gasteiger partial charge is 0.344 e. The van der Waals surface area contributed by atoms with Crippen LogP contribution in [-0.2, 0) is 9.53 Å². The van der Waals surface area contributed by atoms with Gasteiger partial charge in [-0.2, -0.15) is 0 Å². The molecule has 0 unspecified atom stereocenters. The van der Waals surface area contributed by atoms with E-state index in [1.807, 2.05) is 0 Å². The number of hydrogen-bond donors (Lipinski definition) is 1. The minimum Gasteiger partial charge on any atom is -0.482 e. The number of carbonyl (C=O) groups is 3. The third-order valence-electron chi connectivity index (χ3n) is 3.12. The van der Waals surface area contributed by atoms with E-state index in [2.05, 4.69) is 4.98 Å². The molecule has 0 aliphatic heterocycles. The summed E-state index contributed by atoms with van der Waals surface area (Å²) in [6.45, 7) is 1.14. The Bertz CT molecular complexity index is 674. The van der Waals surface area contributed by atoms with E-state index in [4.69, 9.17) is 9.47 Å². The maximum atomic E-state index is 11.6. The largest absolute Gasteiger partial charge is 0.482 e. The second-order valence-electron chi connectivity index (χ2n) is 4.76. The van der Waals surface area contributed by atoms with Crippen LogP contribution >= 0.6 is 0 Å². The molecule has 120 valence electrons. The number of aromatic nitrogens is 1. The molecule has 2 rings (SSSR count). The Morgan fingerprint density at radius 2 is 1.74 bits per heavy atom. The second-order valence-corrected chi connectivity index (χ2v) is 4.76. The first kappa shape index (κ1) is 16.5. The molecular formula is C17H17NO5. The van der Waals surface area contributed by atoms with Gasteiger partial charge >= 0.3 is 5.97 Å². The van der Waals surface area contributed by atoms with E-state index in [0.29, 0.717) is 23.4 Å². The predicted octanol–water partition coefficient (Wildman–Crippen LogP) is 2.41. The molecule has 6 heteroatoms. The maximum Gasteiger partial charge on any atom is 0.344 e. The summed E-state index contributed by atoms with van der Waals surface area (Å²) in [5, 5.41) is 0. The van der Waals surface area contributed by atoms with Crippen molar-refractivity contribution in [1.29, 1.82) is 0 Å².